The molecule has 164 valence electrons. The van der Waals surface area contributed by atoms with Gasteiger partial charge in [0.15, 0.2) is 14.6 Å². The van der Waals surface area contributed by atoms with Gasteiger partial charge in [0.25, 0.3) is 0 Å². The third-order valence-corrected chi connectivity index (χ3v) is 8.23. The van der Waals surface area contributed by atoms with Crippen molar-refractivity contribution in [2.75, 3.05) is 19.1 Å². The van der Waals surface area contributed by atoms with Gasteiger partial charge in [-0.1, -0.05) is 17.4 Å². The number of hydrogen-bond acceptors (Lipinski definition) is 6. The van der Waals surface area contributed by atoms with Crippen LogP contribution >= 0.6 is 23.1 Å². The van der Waals surface area contributed by atoms with Crippen molar-refractivity contribution >= 4 is 49.1 Å². The van der Waals surface area contributed by atoms with Gasteiger partial charge in [0.05, 0.1) is 28.0 Å². The molecule has 0 aliphatic carbocycles. The van der Waals surface area contributed by atoms with E-state index in [1.165, 1.54) is 30.6 Å². The first-order valence-electron chi connectivity index (χ1n) is 9.60. The van der Waals surface area contributed by atoms with Crippen molar-refractivity contribution in [1.82, 2.24) is 4.57 Å². The summed E-state index contributed by atoms with van der Waals surface area (Å²) in [6.45, 7) is 4.33. The molecule has 6 nitrogen and oxygen atoms in total. The Hall–Kier alpha value is -2.36. The van der Waals surface area contributed by atoms with Gasteiger partial charge in [0.2, 0.25) is 5.91 Å². The Morgan fingerprint density at radius 3 is 2.65 bits per heavy atom. The summed E-state index contributed by atoms with van der Waals surface area (Å²) in [7, 11) is -1.94. The minimum Gasteiger partial charge on any atom is -0.497 e. The van der Waals surface area contributed by atoms with E-state index in [-0.39, 0.29) is 29.4 Å². The van der Waals surface area contributed by atoms with Gasteiger partial charge >= 0.3 is 0 Å². The molecule has 0 unspecified atom stereocenters. The molecule has 9 heteroatoms. The maximum absolute atomic E-state index is 12.5. The molecule has 0 atom stereocenters. The predicted octanol–water partition coefficient (Wildman–Crippen LogP) is 4.30. The Bertz CT molecular complexity index is 1260. The minimum atomic E-state index is -3.47. The molecule has 0 fully saturated rings. The van der Waals surface area contributed by atoms with E-state index >= 15 is 0 Å². The van der Waals surface area contributed by atoms with E-state index in [0.29, 0.717) is 17.1 Å². The van der Waals surface area contributed by atoms with Crippen LogP contribution in [0.2, 0.25) is 0 Å². The van der Waals surface area contributed by atoms with Gasteiger partial charge in [-0.3, -0.25) is 4.79 Å². The second-order valence-corrected chi connectivity index (χ2v) is 10.7. The first-order chi connectivity index (χ1) is 14.9. The van der Waals surface area contributed by atoms with E-state index < -0.39 is 9.84 Å². The van der Waals surface area contributed by atoms with Crippen LogP contribution in [0.4, 0.5) is 0 Å². The summed E-state index contributed by atoms with van der Waals surface area (Å²) >= 11 is 3.10. The van der Waals surface area contributed by atoms with Crippen molar-refractivity contribution in [3.05, 3.63) is 59.9 Å². The molecule has 1 heterocycles. The van der Waals surface area contributed by atoms with Crippen molar-refractivity contribution in [2.45, 2.75) is 29.2 Å². The molecule has 0 N–H and O–H groups in total. The van der Waals surface area contributed by atoms with Crippen molar-refractivity contribution in [3.63, 3.8) is 0 Å². The van der Waals surface area contributed by atoms with Crippen LogP contribution in [0.5, 0.6) is 5.75 Å². The van der Waals surface area contributed by atoms with Crippen molar-refractivity contribution in [2.24, 2.45) is 4.99 Å². The zero-order chi connectivity index (χ0) is 22.4. The predicted molar refractivity (Wildman–Crippen MR) is 127 cm³/mol. The number of ether oxygens (including phenoxy) is 1. The van der Waals surface area contributed by atoms with E-state index in [1.54, 1.807) is 30.0 Å². The maximum Gasteiger partial charge on any atom is 0.248 e. The Balaban J connectivity index is 1.74. The smallest absolute Gasteiger partial charge is 0.248 e. The molecule has 3 rings (SSSR count). The van der Waals surface area contributed by atoms with Gasteiger partial charge in [-0.05, 0) is 55.1 Å². The Kier molecular flexibility index (Phi) is 7.74. The lowest BCUT2D eigenvalue weighted by molar-refractivity contribution is -0.118. The van der Waals surface area contributed by atoms with Crippen molar-refractivity contribution in [1.29, 1.82) is 0 Å². The van der Waals surface area contributed by atoms with Crippen LogP contribution in [0.1, 0.15) is 12.8 Å². The summed E-state index contributed by atoms with van der Waals surface area (Å²) in [6.07, 6.45) is 4.05. The number of hydrogen-bond donors (Lipinski definition) is 0. The SMILES string of the molecule is C=CCn1c(=NC(=O)CCCS(=O)(=O)c2ccc(OC)cc2)sc2cc(SC)ccc21. The highest BCUT2D eigenvalue weighted by Gasteiger charge is 2.15. The van der Waals surface area contributed by atoms with E-state index in [9.17, 15) is 13.2 Å². The lowest BCUT2D eigenvalue weighted by Gasteiger charge is -2.05. The zero-order valence-corrected chi connectivity index (χ0v) is 19.9. The molecule has 0 radical (unpaired) electrons. The lowest BCUT2D eigenvalue weighted by atomic mass is 10.3. The summed E-state index contributed by atoms with van der Waals surface area (Å²) in [6, 6.07) is 12.4. The third-order valence-electron chi connectivity index (χ3n) is 4.64. The molecule has 2 aromatic carbocycles. The summed E-state index contributed by atoms with van der Waals surface area (Å²) in [5.74, 6) is 0.143. The van der Waals surface area contributed by atoms with Gasteiger partial charge in [-0.15, -0.1) is 18.3 Å². The topological polar surface area (TPSA) is 77.7 Å². The normalized spacial score (nSPS) is 12.3. The number of amides is 1. The highest BCUT2D eigenvalue weighted by molar-refractivity contribution is 7.98. The fraction of sp³-hybridized carbons (Fsp3) is 0.273. The molecular weight excluding hydrogens is 452 g/mol. The van der Waals surface area contributed by atoms with Gasteiger partial charge in [0.1, 0.15) is 5.75 Å². The maximum atomic E-state index is 12.5. The van der Waals surface area contributed by atoms with Crippen molar-refractivity contribution < 1.29 is 17.9 Å². The van der Waals surface area contributed by atoms with Crippen LogP contribution in [0.3, 0.4) is 0 Å². The second kappa shape index (κ2) is 10.3. The number of benzene rings is 2. The number of carbonyl (C=O) groups is 1. The van der Waals surface area contributed by atoms with E-state index in [2.05, 4.69) is 17.6 Å². The van der Waals surface area contributed by atoms with Crippen LogP contribution < -0.4 is 9.54 Å². The number of thiazole rings is 1. The van der Waals surface area contributed by atoms with Crippen LogP contribution in [0.15, 0.2) is 69.9 Å². The summed E-state index contributed by atoms with van der Waals surface area (Å²) in [5.41, 5.74) is 0.997. The summed E-state index contributed by atoms with van der Waals surface area (Å²) in [5, 5.41) is 0. The van der Waals surface area contributed by atoms with E-state index in [1.807, 2.05) is 23.0 Å². The molecule has 0 aliphatic heterocycles. The highest BCUT2D eigenvalue weighted by atomic mass is 32.2. The first-order valence-corrected chi connectivity index (χ1v) is 13.3. The number of thioether (sulfide) groups is 1. The minimum absolute atomic E-state index is 0.0633. The van der Waals surface area contributed by atoms with Gasteiger partial charge < -0.3 is 9.30 Å². The summed E-state index contributed by atoms with van der Waals surface area (Å²) in [4.78, 5) is 18.7. The van der Waals surface area contributed by atoms with Gasteiger partial charge in [-0.2, -0.15) is 4.99 Å². The second-order valence-electron chi connectivity index (χ2n) is 6.72. The van der Waals surface area contributed by atoms with Crippen LogP contribution in [-0.4, -0.2) is 38.0 Å². The van der Waals surface area contributed by atoms with Gasteiger partial charge in [0, 0.05) is 17.9 Å². The molecule has 0 bridgehead atoms. The molecule has 0 spiro atoms. The molecule has 0 saturated carbocycles. The monoisotopic (exact) mass is 476 g/mol. The average molecular weight is 477 g/mol. The highest BCUT2D eigenvalue weighted by Crippen LogP contribution is 2.24. The molecule has 1 amide bonds. The molecule has 31 heavy (non-hydrogen) atoms. The Morgan fingerprint density at radius 1 is 1.26 bits per heavy atom. The fourth-order valence-electron chi connectivity index (χ4n) is 3.05. The number of carbonyl (C=O) groups excluding carboxylic acids is 1. The number of rotatable bonds is 9. The first kappa shape index (κ1) is 23.3. The number of nitrogens with zero attached hydrogens (tertiary/aromatic N) is 2. The zero-order valence-electron chi connectivity index (χ0n) is 17.4. The van der Waals surface area contributed by atoms with Gasteiger partial charge in [-0.25, -0.2) is 8.42 Å². The largest absolute Gasteiger partial charge is 0.497 e. The third kappa shape index (κ3) is 5.66. The lowest BCUT2D eigenvalue weighted by Crippen LogP contribution is -2.16. The molecule has 0 aliphatic rings. The standard InChI is InChI=1S/C22H24N2O4S3/c1-4-13-24-19-12-9-17(29-3)15-20(19)30-22(24)23-21(25)6-5-14-31(26,27)18-10-7-16(28-2)8-11-18/h4,7-12,15H,1,5-6,13-14H2,2-3H3. The molecule has 3 aromatic rings. The molecular formula is C22H24N2O4S3. The number of sulfone groups is 1. The fourth-order valence-corrected chi connectivity index (χ4v) is 5.97. The average Bonchev–Trinajstić information content (AvgIpc) is 3.09. The van der Waals surface area contributed by atoms with Crippen LogP contribution in [0, 0.1) is 0 Å². The Morgan fingerprint density at radius 2 is 2.00 bits per heavy atom. The Labute approximate surface area is 190 Å². The van der Waals surface area contributed by atoms with E-state index in [4.69, 9.17) is 4.74 Å². The number of allylic oxidation sites excluding steroid dienone is 1. The number of aromatic nitrogens is 1. The van der Waals surface area contributed by atoms with Crippen molar-refractivity contribution in [3.8, 4) is 5.75 Å². The number of methoxy groups -OCH3 is 1. The van der Waals surface area contributed by atoms with Crippen LogP contribution in [0.25, 0.3) is 10.2 Å². The van der Waals surface area contributed by atoms with Crippen LogP contribution in [-0.2, 0) is 21.2 Å². The quantitative estimate of drug-likeness (QED) is 0.340. The van der Waals surface area contributed by atoms with E-state index in [0.717, 1.165) is 15.1 Å². The molecule has 1 aromatic heterocycles. The number of fused-ring (bicyclic) bond motifs is 1. The molecule has 0 saturated heterocycles. The summed E-state index contributed by atoms with van der Waals surface area (Å²) < 4.78 is 33.0.